The van der Waals surface area contributed by atoms with E-state index in [9.17, 15) is 4.79 Å². The number of carbonyl (C=O) groups excluding carboxylic acids is 1. The molecule has 0 bridgehead atoms. The van der Waals surface area contributed by atoms with Crippen LogP contribution in [0, 0.1) is 0 Å². The second-order valence-electron chi connectivity index (χ2n) is 8.94. The Labute approximate surface area is 210 Å². The van der Waals surface area contributed by atoms with E-state index in [0.29, 0.717) is 5.56 Å². The maximum Gasteiger partial charge on any atom is 0.255 e. The van der Waals surface area contributed by atoms with Gasteiger partial charge in [0.1, 0.15) is 7.05 Å². The van der Waals surface area contributed by atoms with Gasteiger partial charge in [-0.15, -0.1) is 0 Å². The number of aromatic nitrogens is 1. The third kappa shape index (κ3) is 3.91. The summed E-state index contributed by atoms with van der Waals surface area (Å²) in [6, 6.07) is 43.1. The fourth-order valence-electron chi connectivity index (χ4n) is 4.91. The monoisotopic (exact) mass is 465 g/mol. The standard InChI is InChI=1S/C33H24N2O/c1-35-30-13-7-5-11-28(30)32(29-12-6-8-14-31(29)35)25-17-15-23(16-18-25)24-19-21-27(22-20-24)34-33(36)26-9-3-2-4-10-26/h2-22H,1H3/p+1. The fourth-order valence-corrected chi connectivity index (χ4v) is 4.91. The van der Waals surface area contributed by atoms with Crippen molar-refractivity contribution >= 4 is 33.4 Å². The predicted molar refractivity (Wildman–Crippen MR) is 148 cm³/mol. The average Bonchev–Trinajstić information content (AvgIpc) is 2.94. The third-order valence-electron chi connectivity index (χ3n) is 6.76. The van der Waals surface area contributed by atoms with Gasteiger partial charge in [-0.2, -0.15) is 4.57 Å². The van der Waals surface area contributed by atoms with Gasteiger partial charge >= 0.3 is 0 Å². The van der Waals surface area contributed by atoms with Crippen LogP contribution in [0.25, 0.3) is 44.1 Å². The third-order valence-corrected chi connectivity index (χ3v) is 6.76. The van der Waals surface area contributed by atoms with E-state index >= 15 is 0 Å². The molecule has 0 aliphatic rings. The zero-order chi connectivity index (χ0) is 24.5. The van der Waals surface area contributed by atoms with Gasteiger partial charge in [-0.1, -0.05) is 78.9 Å². The second-order valence-corrected chi connectivity index (χ2v) is 8.94. The van der Waals surface area contributed by atoms with Crippen LogP contribution in [0.2, 0.25) is 0 Å². The van der Waals surface area contributed by atoms with Crippen LogP contribution < -0.4 is 9.88 Å². The Balaban J connectivity index is 1.32. The number of hydrogen-bond donors (Lipinski definition) is 1. The van der Waals surface area contributed by atoms with Crippen LogP contribution >= 0.6 is 0 Å². The van der Waals surface area contributed by atoms with Crippen molar-refractivity contribution < 1.29 is 9.36 Å². The van der Waals surface area contributed by atoms with Gasteiger partial charge in [0.2, 0.25) is 11.0 Å². The van der Waals surface area contributed by atoms with Gasteiger partial charge in [0.25, 0.3) is 5.91 Å². The number of nitrogens with one attached hydrogen (secondary N) is 1. The number of rotatable bonds is 4. The molecule has 172 valence electrons. The molecule has 0 atom stereocenters. The van der Waals surface area contributed by atoms with Crippen molar-refractivity contribution in [2.75, 3.05) is 5.32 Å². The minimum absolute atomic E-state index is 0.108. The van der Waals surface area contributed by atoms with Crippen molar-refractivity contribution in [2.45, 2.75) is 0 Å². The number of pyridine rings is 1. The molecule has 6 aromatic rings. The van der Waals surface area contributed by atoms with E-state index in [4.69, 9.17) is 0 Å². The number of anilines is 1. The molecule has 5 aromatic carbocycles. The molecule has 6 rings (SSSR count). The molecule has 0 unspecified atom stereocenters. The molecular formula is C33H25N2O+. The first-order valence-corrected chi connectivity index (χ1v) is 12.1. The zero-order valence-electron chi connectivity index (χ0n) is 20.0. The molecule has 0 radical (unpaired) electrons. The van der Waals surface area contributed by atoms with Gasteiger partial charge in [0.05, 0.1) is 10.8 Å². The summed E-state index contributed by atoms with van der Waals surface area (Å²) in [5.74, 6) is -0.108. The average molecular weight is 466 g/mol. The highest BCUT2D eigenvalue weighted by Gasteiger charge is 2.18. The van der Waals surface area contributed by atoms with Crippen molar-refractivity contribution in [1.29, 1.82) is 0 Å². The summed E-state index contributed by atoms with van der Waals surface area (Å²) in [4.78, 5) is 12.4. The van der Waals surface area contributed by atoms with Crippen molar-refractivity contribution in [3.05, 3.63) is 133 Å². The van der Waals surface area contributed by atoms with Crippen LogP contribution in [0.5, 0.6) is 0 Å². The van der Waals surface area contributed by atoms with Crippen LogP contribution in [0.3, 0.4) is 0 Å². The lowest BCUT2D eigenvalue weighted by atomic mass is 9.94. The summed E-state index contributed by atoms with van der Waals surface area (Å²) >= 11 is 0. The van der Waals surface area contributed by atoms with Crippen molar-refractivity contribution in [3.8, 4) is 22.3 Å². The number of fused-ring (bicyclic) bond motifs is 2. The number of benzene rings is 5. The Morgan fingerprint density at radius 3 is 1.61 bits per heavy atom. The van der Waals surface area contributed by atoms with Gasteiger partial charge in [0.15, 0.2) is 0 Å². The van der Waals surface area contributed by atoms with Gasteiger partial charge in [0, 0.05) is 28.9 Å². The lowest BCUT2D eigenvalue weighted by Gasteiger charge is -2.11. The molecule has 3 heteroatoms. The maximum absolute atomic E-state index is 12.4. The highest BCUT2D eigenvalue weighted by atomic mass is 16.1. The van der Waals surface area contributed by atoms with E-state index in [1.54, 1.807) is 0 Å². The first-order valence-electron chi connectivity index (χ1n) is 12.1. The molecule has 0 spiro atoms. The Kier molecular flexibility index (Phi) is 5.51. The van der Waals surface area contributed by atoms with Crippen molar-refractivity contribution in [1.82, 2.24) is 0 Å². The minimum Gasteiger partial charge on any atom is -0.322 e. The Morgan fingerprint density at radius 1 is 0.556 bits per heavy atom. The number of nitrogens with zero attached hydrogens (tertiary/aromatic N) is 1. The Hall–Kier alpha value is -4.76. The van der Waals surface area contributed by atoms with Crippen LogP contribution in [0.15, 0.2) is 127 Å². The number of aryl methyl sites for hydroxylation is 1. The zero-order valence-corrected chi connectivity index (χ0v) is 20.0. The molecule has 1 amide bonds. The first-order chi connectivity index (χ1) is 17.7. The molecule has 0 aliphatic carbocycles. The van der Waals surface area contributed by atoms with Gasteiger partial charge in [-0.05, 0) is 53.1 Å². The van der Waals surface area contributed by atoms with Gasteiger partial charge in [-0.25, -0.2) is 0 Å². The number of carbonyl (C=O) groups is 1. The predicted octanol–water partition coefficient (Wildman–Crippen LogP) is 7.40. The molecule has 0 saturated heterocycles. The molecule has 0 fully saturated rings. The highest BCUT2D eigenvalue weighted by molar-refractivity contribution is 6.07. The highest BCUT2D eigenvalue weighted by Crippen LogP contribution is 2.35. The van der Waals surface area contributed by atoms with E-state index in [1.165, 1.54) is 32.9 Å². The topological polar surface area (TPSA) is 33.0 Å². The summed E-state index contributed by atoms with van der Waals surface area (Å²) in [6.45, 7) is 0. The van der Waals surface area contributed by atoms with E-state index in [-0.39, 0.29) is 5.91 Å². The molecular weight excluding hydrogens is 440 g/mol. The molecule has 1 heterocycles. The van der Waals surface area contributed by atoms with Gasteiger partial charge in [-0.3, -0.25) is 4.79 Å². The maximum atomic E-state index is 12.4. The van der Waals surface area contributed by atoms with Crippen molar-refractivity contribution in [2.24, 2.45) is 7.05 Å². The molecule has 0 saturated carbocycles. The van der Waals surface area contributed by atoms with Crippen LogP contribution in [-0.4, -0.2) is 5.91 Å². The first kappa shape index (κ1) is 21.8. The SMILES string of the molecule is C[n+]1c2ccccc2c(-c2ccc(-c3ccc(NC(=O)c4ccccc4)cc3)cc2)c2ccccc21. The minimum atomic E-state index is -0.108. The number of para-hydroxylation sites is 2. The summed E-state index contributed by atoms with van der Waals surface area (Å²) in [7, 11) is 2.13. The summed E-state index contributed by atoms with van der Waals surface area (Å²) in [5.41, 5.74) is 8.53. The quantitative estimate of drug-likeness (QED) is 0.213. The fraction of sp³-hybridized carbons (Fsp3) is 0.0303. The summed E-state index contributed by atoms with van der Waals surface area (Å²) in [5, 5.41) is 5.45. The number of hydrogen-bond acceptors (Lipinski definition) is 1. The lowest BCUT2D eigenvalue weighted by Crippen LogP contribution is -2.30. The lowest BCUT2D eigenvalue weighted by molar-refractivity contribution is -0.617. The van der Waals surface area contributed by atoms with Crippen LogP contribution in [-0.2, 0) is 7.05 Å². The second kappa shape index (κ2) is 9.12. The normalized spacial score (nSPS) is 11.0. The Morgan fingerprint density at radius 2 is 1.03 bits per heavy atom. The largest absolute Gasteiger partial charge is 0.322 e. The van der Waals surface area contributed by atoms with Gasteiger partial charge < -0.3 is 5.32 Å². The summed E-state index contributed by atoms with van der Waals surface area (Å²) in [6.07, 6.45) is 0. The van der Waals surface area contributed by atoms with E-state index in [2.05, 4.69) is 89.7 Å². The molecule has 1 N–H and O–H groups in total. The molecule has 3 nitrogen and oxygen atoms in total. The van der Waals surface area contributed by atoms with E-state index in [0.717, 1.165) is 16.8 Å². The van der Waals surface area contributed by atoms with Crippen LogP contribution in [0.4, 0.5) is 5.69 Å². The molecule has 36 heavy (non-hydrogen) atoms. The Bertz CT molecular complexity index is 1650. The molecule has 0 aliphatic heterocycles. The van der Waals surface area contributed by atoms with E-state index in [1.807, 2.05) is 54.6 Å². The van der Waals surface area contributed by atoms with Crippen LogP contribution in [0.1, 0.15) is 10.4 Å². The van der Waals surface area contributed by atoms with E-state index < -0.39 is 0 Å². The summed E-state index contributed by atoms with van der Waals surface area (Å²) < 4.78 is 2.26. The molecule has 1 aromatic heterocycles. The smallest absolute Gasteiger partial charge is 0.255 e. The van der Waals surface area contributed by atoms with Crippen molar-refractivity contribution in [3.63, 3.8) is 0 Å². The number of amides is 1.